The lowest BCUT2D eigenvalue weighted by molar-refractivity contribution is 0.853. The molecule has 0 spiro atoms. The Morgan fingerprint density at radius 1 is 1.12 bits per heavy atom. The molecule has 1 aromatic heterocycles. The summed E-state index contributed by atoms with van der Waals surface area (Å²) in [6.07, 6.45) is 1.73. The van der Waals surface area contributed by atoms with Gasteiger partial charge in [0, 0.05) is 0 Å². The topological polar surface area (TPSA) is 51.8 Å². The van der Waals surface area contributed by atoms with Crippen molar-refractivity contribution in [3.8, 4) is 0 Å². The Morgan fingerprint density at radius 3 is 2.25 bits per heavy atom. The van der Waals surface area contributed by atoms with Crippen LogP contribution in [0.3, 0.4) is 0 Å². The van der Waals surface area contributed by atoms with Crippen molar-refractivity contribution in [3.05, 3.63) is 46.5 Å². The summed E-state index contributed by atoms with van der Waals surface area (Å²) in [6, 6.07) is 8.32. The Kier molecular flexibility index (Phi) is 3.31. The van der Waals surface area contributed by atoms with E-state index in [1.54, 1.807) is 6.20 Å². The average molecular weight is 233 g/mol. The lowest BCUT2D eigenvalue weighted by Gasteiger charge is -2.11. The molecule has 0 aliphatic carbocycles. The minimum atomic E-state index is -0.110. The predicted molar refractivity (Wildman–Crippen MR) is 66.5 cm³/mol. The van der Waals surface area contributed by atoms with Gasteiger partial charge in [0.05, 0.1) is 17.1 Å². The van der Waals surface area contributed by atoms with Gasteiger partial charge < -0.3 is 5.73 Å². The third-order valence-electron chi connectivity index (χ3n) is 2.65. The molecular formula is C12H15N3S. The third kappa shape index (κ3) is 2.28. The molecule has 0 saturated carbocycles. The molecule has 1 atom stereocenters. The van der Waals surface area contributed by atoms with Gasteiger partial charge in [0.2, 0.25) is 0 Å². The number of benzene rings is 1. The Balaban J connectivity index is 2.22. The molecule has 0 bridgehead atoms. The van der Waals surface area contributed by atoms with Gasteiger partial charge in [-0.15, -0.1) is 5.10 Å². The van der Waals surface area contributed by atoms with E-state index in [1.165, 1.54) is 17.1 Å². The van der Waals surface area contributed by atoms with Crippen LogP contribution in [0.5, 0.6) is 0 Å². The van der Waals surface area contributed by atoms with Gasteiger partial charge in [-0.1, -0.05) is 42.6 Å². The van der Waals surface area contributed by atoms with Gasteiger partial charge in [-0.2, -0.15) is 0 Å². The smallest absolute Gasteiger partial charge is 0.0678 e. The maximum atomic E-state index is 6.12. The minimum absolute atomic E-state index is 0.110. The first-order valence-corrected chi connectivity index (χ1v) is 6.08. The number of hydrogen-bond donors (Lipinski definition) is 1. The molecule has 2 rings (SSSR count). The van der Waals surface area contributed by atoms with E-state index in [4.69, 9.17) is 5.73 Å². The monoisotopic (exact) mass is 233 g/mol. The summed E-state index contributed by atoms with van der Waals surface area (Å²) in [6.45, 7) is 4.37. The van der Waals surface area contributed by atoms with Crippen molar-refractivity contribution in [2.45, 2.75) is 25.8 Å². The molecule has 0 radical (unpaired) electrons. The molecule has 2 aromatic rings. The van der Waals surface area contributed by atoms with E-state index < -0.39 is 0 Å². The zero-order valence-corrected chi connectivity index (χ0v) is 10.2. The highest BCUT2D eigenvalue weighted by Gasteiger charge is 2.11. The highest BCUT2D eigenvalue weighted by Crippen LogP contribution is 2.23. The molecule has 0 saturated heterocycles. The number of nitrogens with two attached hydrogens (primary N) is 1. The van der Waals surface area contributed by atoms with E-state index >= 15 is 0 Å². The normalized spacial score (nSPS) is 13.0. The molecule has 2 N–H and O–H groups in total. The van der Waals surface area contributed by atoms with Gasteiger partial charge in [-0.05, 0) is 28.6 Å². The second kappa shape index (κ2) is 4.72. The highest BCUT2D eigenvalue weighted by atomic mass is 32.1. The maximum absolute atomic E-state index is 6.12. The van der Waals surface area contributed by atoms with Crippen LogP contribution in [-0.2, 0) is 0 Å². The fourth-order valence-corrected chi connectivity index (χ4v) is 2.10. The summed E-state index contributed by atoms with van der Waals surface area (Å²) in [7, 11) is 0. The molecule has 16 heavy (non-hydrogen) atoms. The van der Waals surface area contributed by atoms with E-state index in [-0.39, 0.29) is 6.04 Å². The van der Waals surface area contributed by atoms with Crippen molar-refractivity contribution >= 4 is 11.5 Å². The summed E-state index contributed by atoms with van der Waals surface area (Å²) < 4.78 is 3.83. The predicted octanol–water partition coefficient (Wildman–Crippen LogP) is 2.71. The molecule has 1 heterocycles. The largest absolute Gasteiger partial charge is 0.320 e. The molecule has 0 aliphatic heterocycles. The van der Waals surface area contributed by atoms with Crippen molar-refractivity contribution in [2.24, 2.45) is 5.73 Å². The average Bonchev–Trinajstić information content (AvgIpc) is 2.81. The Bertz CT molecular complexity index is 434. The zero-order chi connectivity index (χ0) is 11.5. The van der Waals surface area contributed by atoms with Crippen LogP contribution in [0.25, 0.3) is 0 Å². The number of aromatic nitrogens is 2. The molecule has 84 valence electrons. The molecule has 0 amide bonds. The van der Waals surface area contributed by atoms with Crippen LogP contribution in [0.2, 0.25) is 0 Å². The van der Waals surface area contributed by atoms with Crippen LogP contribution in [0, 0.1) is 0 Å². The summed E-state index contributed by atoms with van der Waals surface area (Å²) in [5.74, 6) is 0.551. The lowest BCUT2D eigenvalue weighted by atomic mass is 9.99. The molecule has 0 fully saturated rings. The van der Waals surface area contributed by atoms with Crippen LogP contribution < -0.4 is 5.73 Å². The summed E-state index contributed by atoms with van der Waals surface area (Å²) in [5.41, 5.74) is 8.56. The van der Waals surface area contributed by atoms with Gasteiger partial charge in [0.25, 0.3) is 0 Å². The fourth-order valence-electron chi connectivity index (χ4n) is 1.56. The van der Waals surface area contributed by atoms with Crippen molar-refractivity contribution < 1.29 is 0 Å². The SMILES string of the molecule is CC(C)c1ccc(C(N)c2cnns2)cc1. The van der Waals surface area contributed by atoms with Gasteiger partial charge in [0.1, 0.15) is 0 Å². The quantitative estimate of drug-likeness (QED) is 0.886. The van der Waals surface area contributed by atoms with Crippen LogP contribution in [0.1, 0.15) is 41.8 Å². The van der Waals surface area contributed by atoms with E-state index in [0.717, 1.165) is 10.4 Å². The minimum Gasteiger partial charge on any atom is -0.320 e. The zero-order valence-electron chi connectivity index (χ0n) is 9.42. The maximum Gasteiger partial charge on any atom is 0.0678 e. The van der Waals surface area contributed by atoms with Crippen molar-refractivity contribution in [1.82, 2.24) is 9.59 Å². The summed E-state index contributed by atoms with van der Waals surface area (Å²) in [4.78, 5) is 0.997. The molecule has 3 nitrogen and oxygen atoms in total. The van der Waals surface area contributed by atoms with Crippen molar-refractivity contribution in [1.29, 1.82) is 0 Å². The second-order valence-electron chi connectivity index (χ2n) is 4.12. The van der Waals surface area contributed by atoms with Crippen LogP contribution in [0.15, 0.2) is 30.5 Å². The molecule has 1 aromatic carbocycles. The van der Waals surface area contributed by atoms with Gasteiger partial charge >= 0.3 is 0 Å². The first kappa shape index (κ1) is 11.2. The standard InChI is InChI=1S/C12H15N3S/c1-8(2)9-3-5-10(6-4-9)12(13)11-7-14-15-16-11/h3-8,12H,13H2,1-2H3. The third-order valence-corrected chi connectivity index (χ3v) is 3.39. The molecular weight excluding hydrogens is 218 g/mol. The van der Waals surface area contributed by atoms with E-state index in [2.05, 4.69) is 47.7 Å². The lowest BCUT2D eigenvalue weighted by Crippen LogP contribution is -2.10. The van der Waals surface area contributed by atoms with Gasteiger partial charge in [-0.3, -0.25) is 0 Å². The van der Waals surface area contributed by atoms with Crippen LogP contribution in [-0.4, -0.2) is 9.59 Å². The van der Waals surface area contributed by atoms with Gasteiger partial charge in [-0.25, -0.2) is 0 Å². The van der Waals surface area contributed by atoms with Crippen molar-refractivity contribution in [2.75, 3.05) is 0 Å². The van der Waals surface area contributed by atoms with E-state index in [1.807, 2.05) is 0 Å². The highest BCUT2D eigenvalue weighted by molar-refractivity contribution is 7.05. The Morgan fingerprint density at radius 2 is 1.75 bits per heavy atom. The van der Waals surface area contributed by atoms with Crippen molar-refractivity contribution in [3.63, 3.8) is 0 Å². The number of hydrogen-bond acceptors (Lipinski definition) is 4. The van der Waals surface area contributed by atoms with E-state index in [9.17, 15) is 0 Å². The molecule has 1 unspecified atom stereocenters. The Hall–Kier alpha value is -1.26. The van der Waals surface area contributed by atoms with E-state index in [0.29, 0.717) is 5.92 Å². The molecule has 4 heteroatoms. The first-order chi connectivity index (χ1) is 7.68. The Labute approximate surface area is 99.5 Å². The first-order valence-electron chi connectivity index (χ1n) is 5.31. The van der Waals surface area contributed by atoms with Gasteiger partial charge in [0.15, 0.2) is 0 Å². The number of nitrogens with zero attached hydrogens (tertiary/aromatic N) is 2. The van der Waals surface area contributed by atoms with Crippen LogP contribution in [0.4, 0.5) is 0 Å². The molecule has 0 aliphatic rings. The number of rotatable bonds is 3. The summed E-state index contributed by atoms with van der Waals surface area (Å²) >= 11 is 1.35. The van der Waals surface area contributed by atoms with Crippen LogP contribution >= 0.6 is 11.5 Å². The second-order valence-corrected chi connectivity index (χ2v) is 4.94. The fraction of sp³-hybridized carbons (Fsp3) is 0.333. The summed E-state index contributed by atoms with van der Waals surface area (Å²) in [5, 5.41) is 3.80.